The van der Waals surface area contributed by atoms with Crippen LogP contribution in [0.5, 0.6) is 0 Å². The summed E-state index contributed by atoms with van der Waals surface area (Å²) in [5, 5.41) is 13.7. The smallest absolute Gasteiger partial charge is 0.356 e. The van der Waals surface area contributed by atoms with Gasteiger partial charge < -0.3 is 10.4 Å². The van der Waals surface area contributed by atoms with Crippen molar-refractivity contribution in [2.75, 3.05) is 6.54 Å². The monoisotopic (exact) mass is 347 g/mol. The minimum absolute atomic E-state index is 0.0489. The lowest BCUT2D eigenvalue weighted by atomic mass is 9.92. The van der Waals surface area contributed by atoms with Gasteiger partial charge in [-0.3, -0.25) is 4.57 Å². The summed E-state index contributed by atoms with van der Waals surface area (Å²) >= 11 is 6.01. The van der Waals surface area contributed by atoms with Crippen molar-refractivity contribution in [1.82, 2.24) is 14.9 Å². The molecule has 0 amide bonds. The van der Waals surface area contributed by atoms with Crippen molar-refractivity contribution in [2.24, 2.45) is 5.92 Å². The summed E-state index contributed by atoms with van der Waals surface area (Å²) < 4.78 is 1.99. The van der Waals surface area contributed by atoms with Crippen molar-refractivity contribution >= 4 is 17.6 Å². The number of carboxylic acid groups (broad SMARTS) is 1. The maximum absolute atomic E-state index is 11.7. The third-order valence-electron chi connectivity index (χ3n) is 4.67. The molecule has 5 nitrogen and oxygen atoms in total. The predicted octanol–water partition coefficient (Wildman–Crippen LogP) is 3.85. The molecule has 128 valence electrons. The van der Waals surface area contributed by atoms with Crippen LogP contribution in [0.25, 0.3) is 5.69 Å². The van der Waals surface area contributed by atoms with Crippen molar-refractivity contribution in [3.05, 3.63) is 46.5 Å². The van der Waals surface area contributed by atoms with E-state index in [9.17, 15) is 9.90 Å². The first kappa shape index (κ1) is 17.0. The van der Waals surface area contributed by atoms with Crippen LogP contribution in [0.4, 0.5) is 0 Å². The summed E-state index contributed by atoms with van der Waals surface area (Å²) in [4.78, 5) is 16.2. The molecule has 3 rings (SSSR count). The third-order valence-corrected chi connectivity index (χ3v) is 4.92. The first-order chi connectivity index (χ1) is 11.5. The van der Waals surface area contributed by atoms with Crippen LogP contribution >= 0.6 is 11.6 Å². The number of aromatic carboxylic acids is 1. The van der Waals surface area contributed by atoms with E-state index in [1.807, 2.05) is 35.8 Å². The number of carbonyl (C=O) groups is 1. The number of nitrogens with one attached hydrogen (secondary N) is 1. The molecule has 1 aromatic heterocycles. The second-order valence-corrected chi connectivity index (χ2v) is 6.72. The van der Waals surface area contributed by atoms with Crippen LogP contribution in [0.2, 0.25) is 5.02 Å². The Labute approximate surface area is 146 Å². The summed E-state index contributed by atoms with van der Waals surface area (Å²) in [6, 6.07) is 7.50. The van der Waals surface area contributed by atoms with Crippen molar-refractivity contribution in [2.45, 2.75) is 39.2 Å². The fourth-order valence-electron chi connectivity index (χ4n) is 3.45. The summed E-state index contributed by atoms with van der Waals surface area (Å²) in [6.45, 7) is 5.06. The van der Waals surface area contributed by atoms with Crippen LogP contribution in [-0.4, -0.2) is 27.2 Å². The number of piperidine rings is 1. The molecule has 1 fully saturated rings. The van der Waals surface area contributed by atoms with Gasteiger partial charge in [0.15, 0.2) is 5.69 Å². The second-order valence-electron chi connectivity index (χ2n) is 6.29. The van der Waals surface area contributed by atoms with Crippen LogP contribution in [0.15, 0.2) is 24.3 Å². The Balaban J connectivity index is 2.19. The second kappa shape index (κ2) is 6.95. The average Bonchev–Trinajstić information content (AvgIpc) is 2.95. The number of benzene rings is 1. The number of aromatic nitrogens is 2. The van der Waals surface area contributed by atoms with Gasteiger partial charge in [-0.1, -0.05) is 25.4 Å². The zero-order valence-electron chi connectivity index (χ0n) is 13.9. The average molecular weight is 348 g/mol. The lowest BCUT2D eigenvalue weighted by Crippen LogP contribution is -2.34. The van der Waals surface area contributed by atoms with Gasteiger partial charge in [-0.05, 0) is 56.0 Å². The number of nitrogens with zero attached hydrogens (tertiary/aromatic N) is 2. The van der Waals surface area contributed by atoms with E-state index in [1.165, 1.54) is 0 Å². The van der Waals surface area contributed by atoms with E-state index in [1.54, 1.807) is 0 Å². The minimum atomic E-state index is -0.982. The lowest BCUT2D eigenvalue weighted by Gasteiger charge is -2.30. The molecule has 0 saturated carbocycles. The van der Waals surface area contributed by atoms with E-state index in [0.717, 1.165) is 36.6 Å². The van der Waals surface area contributed by atoms with Gasteiger partial charge in [0.05, 0.1) is 11.7 Å². The Bertz CT molecular complexity index is 739. The molecular formula is C18H22ClN3O2. The molecule has 6 heteroatoms. The molecule has 2 aromatic rings. The van der Waals surface area contributed by atoms with Gasteiger partial charge in [0.25, 0.3) is 0 Å². The molecule has 0 aliphatic carbocycles. The molecule has 1 aromatic carbocycles. The molecule has 2 N–H and O–H groups in total. The molecule has 24 heavy (non-hydrogen) atoms. The van der Waals surface area contributed by atoms with Crippen molar-refractivity contribution in [3.63, 3.8) is 0 Å². The quantitative estimate of drug-likeness (QED) is 0.881. The molecule has 2 heterocycles. The van der Waals surface area contributed by atoms with Crippen molar-refractivity contribution < 1.29 is 9.90 Å². The van der Waals surface area contributed by atoms with E-state index < -0.39 is 5.97 Å². The zero-order valence-corrected chi connectivity index (χ0v) is 14.7. The van der Waals surface area contributed by atoms with Crippen molar-refractivity contribution in [3.8, 4) is 5.69 Å². The largest absolute Gasteiger partial charge is 0.476 e. The highest BCUT2D eigenvalue weighted by Crippen LogP contribution is 2.32. The molecule has 1 aliphatic rings. The standard InChI is InChI=1S/C18H22ClN3O2/c1-3-14-16(18(23)24)21-17(15-11(2)5-4-10-20-15)22(14)13-8-6-12(19)7-9-13/h6-9,11,15,20H,3-5,10H2,1-2H3,(H,23,24). The first-order valence-electron chi connectivity index (χ1n) is 8.37. The number of carboxylic acids is 1. The third kappa shape index (κ3) is 3.06. The number of hydrogen-bond donors (Lipinski definition) is 2. The van der Waals surface area contributed by atoms with Crippen molar-refractivity contribution in [1.29, 1.82) is 0 Å². The lowest BCUT2D eigenvalue weighted by molar-refractivity contribution is 0.0689. The Morgan fingerprint density at radius 3 is 2.71 bits per heavy atom. The first-order valence-corrected chi connectivity index (χ1v) is 8.74. The zero-order chi connectivity index (χ0) is 17.3. The molecular weight excluding hydrogens is 326 g/mol. The number of rotatable bonds is 4. The van der Waals surface area contributed by atoms with Gasteiger partial charge >= 0.3 is 5.97 Å². The molecule has 1 saturated heterocycles. The maximum atomic E-state index is 11.7. The van der Waals surface area contributed by atoms with Crippen LogP contribution in [0.3, 0.4) is 0 Å². The molecule has 2 atom stereocenters. The topological polar surface area (TPSA) is 67.2 Å². The molecule has 0 bridgehead atoms. The Morgan fingerprint density at radius 1 is 1.42 bits per heavy atom. The molecule has 0 spiro atoms. The van der Waals surface area contributed by atoms with Gasteiger partial charge in [0.1, 0.15) is 5.82 Å². The SMILES string of the molecule is CCc1c(C(=O)O)nc(C2NCCCC2C)n1-c1ccc(Cl)cc1. The minimum Gasteiger partial charge on any atom is -0.476 e. The molecule has 2 unspecified atom stereocenters. The van der Waals surface area contributed by atoms with Crippen LogP contribution in [0, 0.1) is 5.92 Å². The van der Waals surface area contributed by atoms with Gasteiger partial charge in [-0.25, -0.2) is 9.78 Å². The molecule has 0 radical (unpaired) electrons. The summed E-state index contributed by atoms with van der Waals surface area (Å²) in [5.41, 5.74) is 1.76. The number of halogens is 1. The van der Waals surface area contributed by atoms with Gasteiger partial charge in [-0.2, -0.15) is 0 Å². The van der Waals surface area contributed by atoms with Gasteiger partial charge in [-0.15, -0.1) is 0 Å². The number of imidazole rings is 1. The fourth-order valence-corrected chi connectivity index (χ4v) is 3.58. The van der Waals surface area contributed by atoms with E-state index in [-0.39, 0.29) is 11.7 Å². The van der Waals surface area contributed by atoms with Crippen LogP contribution in [-0.2, 0) is 6.42 Å². The van der Waals surface area contributed by atoms with E-state index in [4.69, 9.17) is 11.6 Å². The predicted molar refractivity (Wildman–Crippen MR) is 94.1 cm³/mol. The van der Waals surface area contributed by atoms with Crippen LogP contribution < -0.4 is 5.32 Å². The normalized spacial score (nSPS) is 21.0. The highest BCUT2D eigenvalue weighted by atomic mass is 35.5. The highest BCUT2D eigenvalue weighted by Gasteiger charge is 2.31. The Kier molecular flexibility index (Phi) is 4.92. The van der Waals surface area contributed by atoms with Gasteiger partial charge in [0.2, 0.25) is 0 Å². The summed E-state index contributed by atoms with van der Waals surface area (Å²) in [6.07, 6.45) is 2.83. The van der Waals surface area contributed by atoms with E-state index in [0.29, 0.717) is 17.4 Å². The summed E-state index contributed by atoms with van der Waals surface area (Å²) in [7, 11) is 0. The van der Waals surface area contributed by atoms with E-state index in [2.05, 4.69) is 17.2 Å². The number of hydrogen-bond acceptors (Lipinski definition) is 3. The Morgan fingerprint density at radius 2 is 2.12 bits per heavy atom. The van der Waals surface area contributed by atoms with Crippen LogP contribution in [0.1, 0.15) is 54.7 Å². The maximum Gasteiger partial charge on any atom is 0.356 e. The fraction of sp³-hybridized carbons (Fsp3) is 0.444. The molecule has 1 aliphatic heterocycles. The highest BCUT2D eigenvalue weighted by molar-refractivity contribution is 6.30. The summed E-state index contributed by atoms with van der Waals surface area (Å²) in [5.74, 6) is 0.196. The Hall–Kier alpha value is -1.85. The van der Waals surface area contributed by atoms with Gasteiger partial charge in [0, 0.05) is 10.7 Å². The van der Waals surface area contributed by atoms with E-state index >= 15 is 0 Å².